The fraction of sp³-hybridized carbons (Fsp3) is 0.714. The molecule has 18 heavy (non-hydrogen) atoms. The first-order chi connectivity index (χ1) is 8.88. The minimum Gasteiger partial charge on any atom is -0.329 e. The van der Waals surface area contributed by atoms with Crippen LogP contribution in [-0.4, -0.2) is 35.0 Å². The maximum absolute atomic E-state index is 6.10. The Bertz CT molecular complexity index is 356. The lowest BCUT2D eigenvalue weighted by Crippen LogP contribution is -2.46. The number of hydrogen-bond donors (Lipinski definition) is 1. The lowest BCUT2D eigenvalue weighted by atomic mass is 9.97. The fourth-order valence-corrected chi connectivity index (χ4v) is 4.96. The Kier molecular flexibility index (Phi) is 4.29. The Morgan fingerprint density at radius 3 is 2.83 bits per heavy atom. The third-order valence-electron chi connectivity index (χ3n) is 4.14. The molecule has 2 N–H and O–H groups in total. The van der Waals surface area contributed by atoms with Gasteiger partial charge in [-0.05, 0) is 59.1 Å². The van der Waals surface area contributed by atoms with E-state index in [9.17, 15) is 0 Å². The van der Waals surface area contributed by atoms with Crippen molar-refractivity contribution < 1.29 is 0 Å². The van der Waals surface area contributed by atoms with Crippen molar-refractivity contribution in [2.45, 2.75) is 37.9 Å². The highest BCUT2D eigenvalue weighted by Gasteiger charge is 2.37. The monoisotopic (exact) mass is 282 g/mol. The maximum Gasteiger partial charge on any atom is 0.0261 e. The number of thioether (sulfide) groups is 1. The van der Waals surface area contributed by atoms with E-state index >= 15 is 0 Å². The van der Waals surface area contributed by atoms with E-state index in [0.717, 1.165) is 25.0 Å². The van der Waals surface area contributed by atoms with Crippen LogP contribution in [0, 0.1) is 5.92 Å². The van der Waals surface area contributed by atoms with E-state index in [-0.39, 0.29) is 0 Å². The van der Waals surface area contributed by atoms with Crippen molar-refractivity contribution in [3.63, 3.8) is 0 Å². The Labute approximate surface area is 118 Å². The van der Waals surface area contributed by atoms with E-state index in [1.54, 1.807) is 11.3 Å². The molecule has 0 spiro atoms. The van der Waals surface area contributed by atoms with Crippen LogP contribution in [0.1, 0.15) is 24.8 Å². The second kappa shape index (κ2) is 5.95. The molecule has 0 radical (unpaired) electrons. The average Bonchev–Trinajstić information content (AvgIpc) is 2.89. The van der Waals surface area contributed by atoms with Crippen LogP contribution in [0.3, 0.4) is 0 Å². The number of nitrogens with zero attached hydrogens (tertiary/aromatic N) is 1. The summed E-state index contributed by atoms with van der Waals surface area (Å²) in [5.41, 5.74) is 7.57. The number of hydrogen-bond acceptors (Lipinski definition) is 4. The smallest absolute Gasteiger partial charge is 0.0261 e. The first-order valence-electron chi connectivity index (χ1n) is 6.93. The van der Waals surface area contributed by atoms with Gasteiger partial charge < -0.3 is 5.73 Å². The molecule has 2 heterocycles. The van der Waals surface area contributed by atoms with Gasteiger partial charge in [0.25, 0.3) is 0 Å². The summed E-state index contributed by atoms with van der Waals surface area (Å²) in [6.07, 6.45) is 4.11. The van der Waals surface area contributed by atoms with Gasteiger partial charge in [0.2, 0.25) is 0 Å². The topological polar surface area (TPSA) is 29.3 Å². The standard InChI is InChI=1S/C14H22N2S2/c15-7-14(12-4-6-18-10-12)16(13-1-2-13)8-11-3-5-17-9-11/h3,5,9,12-14H,1-2,4,6-8,10,15H2. The molecule has 2 fully saturated rings. The summed E-state index contributed by atoms with van der Waals surface area (Å²) in [7, 11) is 0. The van der Waals surface area contributed by atoms with Crippen molar-refractivity contribution in [3.05, 3.63) is 22.4 Å². The first kappa shape index (κ1) is 13.0. The van der Waals surface area contributed by atoms with Crippen LogP contribution >= 0.6 is 23.1 Å². The van der Waals surface area contributed by atoms with Crippen LogP contribution < -0.4 is 5.73 Å². The fourth-order valence-electron chi connectivity index (χ4n) is 2.97. The highest BCUT2D eigenvalue weighted by Crippen LogP contribution is 2.36. The highest BCUT2D eigenvalue weighted by atomic mass is 32.2. The summed E-state index contributed by atoms with van der Waals surface area (Å²) in [6.45, 7) is 1.93. The summed E-state index contributed by atoms with van der Waals surface area (Å²) < 4.78 is 0. The average molecular weight is 282 g/mol. The Hall–Kier alpha value is -0.0300. The minimum atomic E-state index is 0.604. The molecule has 0 bridgehead atoms. The molecule has 1 aliphatic carbocycles. The van der Waals surface area contributed by atoms with Gasteiger partial charge in [0.1, 0.15) is 0 Å². The van der Waals surface area contributed by atoms with E-state index < -0.39 is 0 Å². The van der Waals surface area contributed by atoms with Crippen molar-refractivity contribution in [2.24, 2.45) is 11.7 Å². The zero-order valence-corrected chi connectivity index (χ0v) is 12.4. The molecule has 2 unspecified atom stereocenters. The van der Waals surface area contributed by atoms with E-state index in [0.29, 0.717) is 6.04 Å². The van der Waals surface area contributed by atoms with Gasteiger partial charge in [0.05, 0.1) is 0 Å². The van der Waals surface area contributed by atoms with Crippen LogP contribution in [0.5, 0.6) is 0 Å². The lowest BCUT2D eigenvalue weighted by molar-refractivity contribution is 0.138. The predicted octanol–water partition coefficient (Wildman–Crippen LogP) is 2.79. The summed E-state index contributed by atoms with van der Waals surface area (Å²) >= 11 is 3.91. The van der Waals surface area contributed by atoms with Crippen LogP contribution in [-0.2, 0) is 6.54 Å². The summed E-state index contributed by atoms with van der Waals surface area (Å²) in [5.74, 6) is 3.46. The second-order valence-electron chi connectivity index (χ2n) is 5.46. The van der Waals surface area contributed by atoms with Crippen LogP contribution in [0.2, 0.25) is 0 Å². The van der Waals surface area contributed by atoms with Gasteiger partial charge in [0, 0.05) is 25.2 Å². The molecule has 0 aromatic carbocycles. The van der Waals surface area contributed by atoms with Crippen molar-refractivity contribution in [3.8, 4) is 0 Å². The van der Waals surface area contributed by atoms with Gasteiger partial charge in [-0.3, -0.25) is 4.90 Å². The molecule has 3 rings (SSSR count). The third kappa shape index (κ3) is 2.93. The second-order valence-corrected chi connectivity index (χ2v) is 7.39. The van der Waals surface area contributed by atoms with Crippen molar-refractivity contribution >= 4 is 23.1 Å². The van der Waals surface area contributed by atoms with Crippen LogP contribution in [0.15, 0.2) is 16.8 Å². The normalized spacial score (nSPS) is 25.8. The quantitative estimate of drug-likeness (QED) is 0.870. The van der Waals surface area contributed by atoms with Crippen molar-refractivity contribution in [1.82, 2.24) is 4.90 Å². The van der Waals surface area contributed by atoms with Gasteiger partial charge in [-0.2, -0.15) is 23.1 Å². The first-order valence-corrected chi connectivity index (χ1v) is 9.03. The van der Waals surface area contributed by atoms with E-state index in [1.165, 1.54) is 36.3 Å². The highest BCUT2D eigenvalue weighted by molar-refractivity contribution is 7.99. The van der Waals surface area contributed by atoms with Gasteiger partial charge >= 0.3 is 0 Å². The Morgan fingerprint density at radius 2 is 2.28 bits per heavy atom. The molecule has 1 aliphatic heterocycles. The Morgan fingerprint density at radius 1 is 1.39 bits per heavy atom. The van der Waals surface area contributed by atoms with Crippen LogP contribution in [0.25, 0.3) is 0 Å². The molecule has 0 amide bonds. The molecule has 4 heteroatoms. The number of rotatable bonds is 6. The van der Waals surface area contributed by atoms with Gasteiger partial charge in [-0.25, -0.2) is 0 Å². The van der Waals surface area contributed by atoms with Gasteiger partial charge in [-0.15, -0.1) is 0 Å². The molecule has 1 saturated carbocycles. The summed E-state index contributed by atoms with van der Waals surface area (Å²) in [4.78, 5) is 2.71. The molecular formula is C14H22N2S2. The molecular weight excluding hydrogens is 260 g/mol. The van der Waals surface area contributed by atoms with Crippen molar-refractivity contribution in [1.29, 1.82) is 0 Å². The third-order valence-corrected chi connectivity index (χ3v) is 6.06. The minimum absolute atomic E-state index is 0.604. The zero-order chi connectivity index (χ0) is 12.4. The predicted molar refractivity (Wildman–Crippen MR) is 81.2 cm³/mol. The Balaban J connectivity index is 1.70. The SMILES string of the molecule is NCC(C1CCSC1)N(Cc1ccsc1)C1CC1. The molecule has 2 nitrogen and oxygen atoms in total. The molecule has 2 atom stereocenters. The van der Waals surface area contributed by atoms with E-state index in [1.807, 2.05) is 0 Å². The van der Waals surface area contributed by atoms with E-state index in [2.05, 4.69) is 33.5 Å². The van der Waals surface area contributed by atoms with Crippen molar-refractivity contribution in [2.75, 3.05) is 18.1 Å². The van der Waals surface area contributed by atoms with Crippen LogP contribution in [0.4, 0.5) is 0 Å². The molecule has 1 aromatic rings. The molecule has 1 saturated heterocycles. The molecule has 100 valence electrons. The zero-order valence-electron chi connectivity index (χ0n) is 10.8. The number of nitrogens with two attached hydrogens (primary N) is 1. The number of thiophene rings is 1. The molecule has 1 aromatic heterocycles. The molecule has 2 aliphatic rings. The largest absolute Gasteiger partial charge is 0.329 e. The lowest BCUT2D eigenvalue weighted by Gasteiger charge is -2.34. The van der Waals surface area contributed by atoms with Gasteiger partial charge in [0.15, 0.2) is 0 Å². The maximum atomic E-state index is 6.10. The summed E-state index contributed by atoms with van der Waals surface area (Å²) in [5, 5.41) is 4.47. The summed E-state index contributed by atoms with van der Waals surface area (Å²) in [6, 6.07) is 3.67. The van der Waals surface area contributed by atoms with E-state index in [4.69, 9.17) is 5.73 Å². The van der Waals surface area contributed by atoms with Gasteiger partial charge in [-0.1, -0.05) is 0 Å².